The van der Waals surface area contributed by atoms with Crippen molar-refractivity contribution in [3.63, 3.8) is 0 Å². The second kappa shape index (κ2) is 12.7. The van der Waals surface area contributed by atoms with E-state index in [-0.39, 0.29) is 56.9 Å². The van der Waals surface area contributed by atoms with Gasteiger partial charge in [0, 0.05) is 26.3 Å². The van der Waals surface area contributed by atoms with Crippen LogP contribution in [-0.4, -0.2) is 60.4 Å². The number of hydrogen-bond acceptors (Lipinski definition) is 9. The number of carbonyl (C=O) groups is 1. The largest absolute Gasteiger partial charge is 0.481 e. The molecule has 0 aromatic heterocycles. The van der Waals surface area contributed by atoms with Crippen LogP contribution in [0.25, 0.3) is 0 Å². The molecule has 9 N–H and O–H groups in total. The first kappa shape index (κ1) is 31.1. The number of hydrogen-bond donors (Lipinski definition) is 9. The number of nitrogens with one attached hydrogen (secondary N) is 8. The molecule has 11 heteroatoms. The standard InChI is InChI=1S/C33H56N8O2.Re/c42-33(43)23-15-7-14-22-24(23)32-40-30-21-13-6-5-12-20(21)28(38-30)36-26-17-9-2-1-8-16(17)25(34-26)35-27-18-10-3-4-11-19(18)29(37-27)39-31(22)41-32;/h16-32,34-41H,1-15H2,(H,42,43);. The molecule has 9 fully saturated rings. The van der Waals surface area contributed by atoms with Crippen LogP contribution < -0.4 is 42.5 Å². The van der Waals surface area contributed by atoms with E-state index in [0.29, 0.717) is 66.1 Å². The van der Waals surface area contributed by atoms with Crippen molar-refractivity contribution in [2.24, 2.45) is 53.3 Å². The van der Waals surface area contributed by atoms with E-state index >= 15 is 0 Å². The maximum absolute atomic E-state index is 12.6. The Kier molecular flexibility index (Phi) is 8.97. The van der Waals surface area contributed by atoms with Gasteiger partial charge in [0.1, 0.15) is 0 Å². The van der Waals surface area contributed by atoms with Crippen molar-refractivity contribution in [1.82, 2.24) is 42.5 Å². The number of carboxylic acids is 1. The molecule has 0 aromatic rings. The topological polar surface area (TPSA) is 134 Å². The van der Waals surface area contributed by atoms with Gasteiger partial charge in [-0.2, -0.15) is 0 Å². The smallest absolute Gasteiger partial charge is 0.306 e. The summed E-state index contributed by atoms with van der Waals surface area (Å²) in [5, 5.41) is 43.3. The van der Waals surface area contributed by atoms with E-state index in [1.165, 1.54) is 77.0 Å². The summed E-state index contributed by atoms with van der Waals surface area (Å²) in [6.07, 6.45) is 20.5. The van der Waals surface area contributed by atoms with Gasteiger partial charge in [0.05, 0.1) is 55.2 Å². The SMILES string of the molecule is O=C(O)C1CCCC2C3NC4NC(NC5NC(NC6NC(NC(N3)C12)C1CCCCC61)C1CCCCC51)C1CCCCC41.[Re]. The van der Waals surface area contributed by atoms with E-state index in [0.717, 1.165) is 19.3 Å². The van der Waals surface area contributed by atoms with Crippen LogP contribution in [-0.2, 0) is 25.2 Å². The molecule has 0 spiro atoms. The summed E-state index contributed by atoms with van der Waals surface area (Å²) in [5.41, 5.74) is 0. The molecule has 17 atom stereocenters. The molecule has 5 saturated heterocycles. The summed E-state index contributed by atoms with van der Waals surface area (Å²) in [6, 6.07) is 0. The third kappa shape index (κ3) is 5.28. The van der Waals surface area contributed by atoms with Gasteiger partial charge >= 0.3 is 5.97 Å². The zero-order valence-corrected chi connectivity index (χ0v) is 28.9. The van der Waals surface area contributed by atoms with E-state index in [1.807, 2.05) is 0 Å². The average Bonchev–Trinajstić information content (AvgIpc) is 3.76. The molecule has 9 rings (SSSR count). The molecule has 10 nitrogen and oxygen atoms in total. The molecule has 8 bridgehead atoms. The fourth-order valence-electron chi connectivity index (χ4n) is 12.3. The van der Waals surface area contributed by atoms with Gasteiger partial charge in [0.15, 0.2) is 0 Å². The summed E-state index contributed by atoms with van der Waals surface area (Å²) in [7, 11) is 0. The van der Waals surface area contributed by atoms with Gasteiger partial charge in [0.25, 0.3) is 0 Å². The molecule has 17 unspecified atom stereocenters. The molecular weight excluding hydrogens is 727 g/mol. The van der Waals surface area contributed by atoms with Crippen LogP contribution in [0.5, 0.6) is 0 Å². The van der Waals surface area contributed by atoms with Crippen molar-refractivity contribution in [2.75, 3.05) is 0 Å². The monoisotopic (exact) mass is 783 g/mol. The first-order valence-electron chi connectivity index (χ1n) is 18.4. The third-order valence-corrected chi connectivity index (χ3v) is 14.2. The molecule has 0 amide bonds. The molecule has 4 aliphatic carbocycles. The number of aliphatic carboxylic acids is 1. The predicted molar refractivity (Wildman–Crippen MR) is 164 cm³/mol. The Hall–Kier alpha value is -0.188. The summed E-state index contributed by atoms with van der Waals surface area (Å²) in [4.78, 5) is 12.6. The van der Waals surface area contributed by atoms with Gasteiger partial charge in [-0.15, -0.1) is 0 Å². The van der Waals surface area contributed by atoms with Crippen LogP contribution in [0.1, 0.15) is 96.3 Å². The molecule has 1 radical (unpaired) electrons. The Morgan fingerprint density at radius 3 is 0.977 bits per heavy atom. The molecule has 5 heterocycles. The second-order valence-electron chi connectivity index (χ2n) is 16.1. The van der Waals surface area contributed by atoms with Crippen LogP contribution in [0.3, 0.4) is 0 Å². The number of carboxylic acid groups (broad SMARTS) is 1. The Balaban J connectivity index is 0.00000289. The Labute approximate surface area is 276 Å². The molecule has 0 aromatic carbocycles. The van der Waals surface area contributed by atoms with Gasteiger partial charge in [-0.3, -0.25) is 47.3 Å². The van der Waals surface area contributed by atoms with Crippen LogP contribution >= 0.6 is 0 Å². The van der Waals surface area contributed by atoms with Gasteiger partial charge in [0.2, 0.25) is 0 Å². The fraction of sp³-hybridized carbons (Fsp3) is 0.970. The number of rotatable bonds is 1. The van der Waals surface area contributed by atoms with E-state index in [1.54, 1.807) is 0 Å². The minimum Gasteiger partial charge on any atom is -0.481 e. The molecule has 4 saturated carbocycles. The molecule has 44 heavy (non-hydrogen) atoms. The normalized spacial score (nSPS) is 54.8. The van der Waals surface area contributed by atoms with E-state index in [9.17, 15) is 9.90 Å². The minimum atomic E-state index is -0.607. The van der Waals surface area contributed by atoms with Crippen molar-refractivity contribution >= 4 is 5.97 Å². The molecular formula is C33H56N8O2Re. The van der Waals surface area contributed by atoms with E-state index in [2.05, 4.69) is 42.5 Å². The Bertz CT molecular complexity index is 1050. The van der Waals surface area contributed by atoms with Gasteiger partial charge in [-0.1, -0.05) is 44.9 Å². The van der Waals surface area contributed by atoms with Gasteiger partial charge < -0.3 is 5.11 Å². The van der Waals surface area contributed by atoms with Crippen LogP contribution in [0, 0.1) is 53.3 Å². The van der Waals surface area contributed by atoms with Crippen LogP contribution in [0.15, 0.2) is 0 Å². The van der Waals surface area contributed by atoms with E-state index < -0.39 is 5.97 Å². The zero-order valence-electron chi connectivity index (χ0n) is 26.2. The summed E-state index contributed by atoms with van der Waals surface area (Å²) < 4.78 is 0. The van der Waals surface area contributed by atoms with Crippen molar-refractivity contribution in [1.29, 1.82) is 0 Å². The van der Waals surface area contributed by atoms with Crippen LogP contribution in [0.2, 0.25) is 0 Å². The average molecular weight is 783 g/mol. The summed E-state index contributed by atoms with van der Waals surface area (Å²) >= 11 is 0. The minimum absolute atomic E-state index is 0. The molecule has 247 valence electrons. The fourth-order valence-corrected chi connectivity index (χ4v) is 12.3. The van der Waals surface area contributed by atoms with Gasteiger partial charge in [-0.05, 0) is 92.8 Å². The van der Waals surface area contributed by atoms with Crippen molar-refractivity contribution in [3.8, 4) is 0 Å². The third-order valence-electron chi connectivity index (χ3n) is 14.2. The molecule has 9 aliphatic rings. The predicted octanol–water partition coefficient (Wildman–Crippen LogP) is 1.91. The second-order valence-corrected chi connectivity index (χ2v) is 16.1. The first-order valence-corrected chi connectivity index (χ1v) is 18.4. The zero-order chi connectivity index (χ0) is 28.7. The van der Waals surface area contributed by atoms with Crippen molar-refractivity contribution in [3.05, 3.63) is 0 Å². The number of fused-ring (bicyclic) bond motifs is 20. The Morgan fingerprint density at radius 1 is 0.386 bits per heavy atom. The molecule has 5 aliphatic heterocycles. The quantitative estimate of drug-likeness (QED) is 0.195. The van der Waals surface area contributed by atoms with E-state index in [4.69, 9.17) is 0 Å². The van der Waals surface area contributed by atoms with Crippen LogP contribution in [0.4, 0.5) is 0 Å². The van der Waals surface area contributed by atoms with Gasteiger partial charge in [-0.25, -0.2) is 0 Å². The maximum atomic E-state index is 12.6. The Morgan fingerprint density at radius 2 is 0.659 bits per heavy atom. The van der Waals surface area contributed by atoms with Crippen molar-refractivity contribution < 1.29 is 30.3 Å². The summed E-state index contributed by atoms with van der Waals surface area (Å²) in [6.45, 7) is 0. The first-order chi connectivity index (χ1) is 21.1. The summed E-state index contributed by atoms with van der Waals surface area (Å²) in [5.74, 6) is 3.36. The van der Waals surface area contributed by atoms with Crippen molar-refractivity contribution in [2.45, 2.75) is 146 Å². The maximum Gasteiger partial charge on any atom is 0.306 e.